The van der Waals surface area contributed by atoms with Crippen molar-refractivity contribution in [2.45, 2.75) is 16.8 Å². The van der Waals surface area contributed by atoms with Gasteiger partial charge in [0, 0.05) is 24.5 Å². The van der Waals surface area contributed by atoms with Crippen molar-refractivity contribution in [3.05, 3.63) is 65.7 Å². The average Bonchev–Trinajstić information content (AvgIpc) is 2.48. The van der Waals surface area contributed by atoms with Crippen molar-refractivity contribution in [1.82, 2.24) is 0 Å². The summed E-state index contributed by atoms with van der Waals surface area (Å²) in [5, 5.41) is 0. The summed E-state index contributed by atoms with van der Waals surface area (Å²) >= 11 is 1.26. The number of Topliss-reactive ketones (excluding diaryl/α,β-unsaturated/α-hetero) is 1. The summed E-state index contributed by atoms with van der Waals surface area (Å²) in [5.41, 5.74) is -0.561. The number of methoxy groups -OCH3 is 1. The molecule has 110 valence electrons. The Morgan fingerprint density at radius 2 is 1.90 bits per heavy atom. The molecule has 0 bridgehead atoms. The molecular formula is C16H14F2O2S. The fourth-order valence-electron chi connectivity index (χ4n) is 1.80. The first-order valence-corrected chi connectivity index (χ1v) is 7.19. The fraction of sp³-hybridized carbons (Fsp3) is 0.188. The molecule has 2 nitrogen and oxygen atoms in total. The Morgan fingerprint density at radius 1 is 1.19 bits per heavy atom. The van der Waals surface area contributed by atoms with Gasteiger partial charge >= 0.3 is 0 Å². The van der Waals surface area contributed by atoms with Gasteiger partial charge in [0.2, 0.25) is 0 Å². The maximum Gasteiger partial charge on any atom is 0.176 e. The number of hydrogen-bond acceptors (Lipinski definition) is 3. The van der Waals surface area contributed by atoms with Crippen LogP contribution in [-0.2, 0) is 16.0 Å². The first-order valence-electron chi connectivity index (χ1n) is 6.31. The number of rotatable bonds is 6. The molecule has 1 unspecified atom stereocenters. The molecule has 0 aromatic heterocycles. The van der Waals surface area contributed by atoms with Crippen LogP contribution in [0.15, 0.2) is 53.4 Å². The molecule has 0 aliphatic heterocycles. The Bertz CT molecular complexity index is 617. The molecule has 0 spiro atoms. The lowest BCUT2D eigenvalue weighted by Gasteiger charge is -2.14. The molecule has 0 radical (unpaired) electrons. The standard InChI is InChI=1S/C16H14F2O2S/c1-20-16(21-13-5-3-2-4-6-13)15(19)9-11-7-8-12(17)10-14(11)18/h2-8,10,16H,9H2,1H3. The number of hydrogen-bond donors (Lipinski definition) is 0. The van der Waals surface area contributed by atoms with Gasteiger partial charge in [0.05, 0.1) is 0 Å². The van der Waals surface area contributed by atoms with Gasteiger partial charge in [0.15, 0.2) is 11.2 Å². The van der Waals surface area contributed by atoms with Gasteiger partial charge in [-0.25, -0.2) is 8.78 Å². The number of halogens is 2. The largest absolute Gasteiger partial charge is 0.363 e. The lowest BCUT2D eigenvalue weighted by atomic mass is 10.1. The third kappa shape index (κ3) is 4.37. The summed E-state index contributed by atoms with van der Waals surface area (Å²) in [5.74, 6) is -1.65. The monoisotopic (exact) mass is 308 g/mol. The van der Waals surface area contributed by atoms with E-state index in [1.54, 1.807) is 0 Å². The van der Waals surface area contributed by atoms with E-state index in [4.69, 9.17) is 4.74 Å². The Labute approximate surface area is 126 Å². The van der Waals surface area contributed by atoms with Crippen LogP contribution in [0.25, 0.3) is 0 Å². The topological polar surface area (TPSA) is 26.3 Å². The van der Waals surface area contributed by atoms with Crippen LogP contribution < -0.4 is 0 Å². The van der Waals surface area contributed by atoms with Crippen molar-refractivity contribution in [2.24, 2.45) is 0 Å². The van der Waals surface area contributed by atoms with E-state index >= 15 is 0 Å². The van der Waals surface area contributed by atoms with Crippen molar-refractivity contribution < 1.29 is 18.3 Å². The Kier molecular flexibility index (Phi) is 5.47. The summed E-state index contributed by atoms with van der Waals surface area (Å²) in [7, 11) is 1.43. The predicted octanol–water partition coefficient (Wildman–Crippen LogP) is 3.84. The van der Waals surface area contributed by atoms with Crippen molar-refractivity contribution in [2.75, 3.05) is 7.11 Å². The molecule has 0 fully saturated rings. The van der Waals surface area contributed by atoms with Crippen LogP contribution in [0.4, 0.5) is 8.78 Å². The smallest absolute Gasteiger partial charge is 0.176 e. The van der Waals surface area contributed by atoms with Crippen LogP contribution in [0.1, 0.15) is 5.56 Å². The van der Waals surface area contributed by atoms with Crippen LogP contribution >= 0.6 is 11.8 Å². The van der Waals surface area contributed by atoms with Crippen molar-refractivity contribution in [1.29, 1.82) is 0 Å². The van der Waals surface area contributed by atoms with Gasteiger partial charge in [-0.3, -0.25) is 4.79 Å². The molecule has 0 saturated carbocycles. The molecule has 1 atom stereocenters. The molecule has 0 amide bonds. The molecule has 0 N–H and O–H groups in total. The van der Waals surface area contributed by atoms with Gasteiger partial charge in [-0.2, -0.15) is 0 Å². The van der Waals surface area contributed by atoms with Crippen LogP contribution in [-0.4, -0.2) is 18.3 Å². The Balaban J connectivity index is 2.06. The number of carbonyl (C=O) groups excluding carboxylic acids is 1. The Morgan fingerprint density at radius 3 is 2.52 bits per heavy atom. The van der Waals surface area contributed by atoms with Gasteiger partial charge in [-0.1, -0.05) is 36.0 Å². The number of ketones is 1. The molecular weight excluding hydrogens is 294 g/mol. The molecule has 2 aromatic rings. The lowest BCUT2D eigenvalue weighted by molar-refractivity contribution is -0.123. The quantitative estimate of drug-likeness (QED) is 0.599. The maximum atomic E-state index is 13.6. The second kappa shape index (κ2) is 7.33. The number of carbonyl (C=O) groups is 1. The van der Waals surface area contributed by atoms with E-state index < -0.39 is 17.1 Å². The maximum absolute atomic E-state index is 13.6. The third-order valence-electron chi connectivity index (χ3n) is 2.84. The van der Waals surface area contributed by atoms with Gasteiger partial charge in [0.1, 0.15) is 11.6 Å². The highest BCUT2D eigenvalue weighted by molar-refractivity contribution is 8.00. The summed E-state index contributed by atoms with van der Waals surface area (Å²) in [6.45, 7) is 0. The zero-order valence-electron chi connectivity index (χ0n) is 11.4. The summed E-state index contributed by atoms with van der Waals surface area (Å²) in [4.78, 5) is 13.1. The second-order valence-electron chi connectivity index (χ2n) is 4.38. The van der Waals surface area contributed by atoms with Crippen molar-refractivity contribution >= 4 is 17.5 Å². The van der Waals surface area contributed by atoms with Crippen molar-refractivity contribution in [3.8, 4) is 0 Å². The number of thioether (sulfide) groups is 1. The molecule has 0 saturated heterocycles. The zero-order valence-corrected chi connectivity index (χ0v) is 12.2. The van der Waals surface area contributed by atoms with Crippen LogP contribution in [0.5, 0.6) is 0 Å². The number of ether oxygens (including phenoxy) is 1. The molecule has 0 aliphatic rings. The van der Waals surface area contributed by atoms with E-state index in [0.717, 1.165) is 17.0 Å². The second-order valence-corrected chi connectivity index (χ2v) is 5.51. The van der Waals surface area contributed by atoms with Gasteiger partial charge in [-0.15, -0.1) is 0 Å². The molecule has 2 rings (SSSR count). The zero-order chi connectivity index (χ0) is 15.2. The third-order valence-corrected chi connectivity index (χ3v) is 4.06. The van der Waals surface area contributed by atoms with Crippen LogP contribution in [0.2, 0.25) is 0 Å². The lowest BCUT2D eigenvalue weighted by Crippen LogP contribution is -2.21. The van der Waals surface area contributed by atoms with Gasteiger partial charge in [0.25, 0.3) is 0 Å². The molecule has 2 aromatic carbocycles. The minimum Gasteiger partial charge on any atom is -0.363 e. The molecule has 21 heavy (non-hydrogen) atoms. The molecule has 0 aliphatic carbocycles. The van der Waals surface area contributed by atoms with Crippen LogP contribution in [0, 0.1) is 11.6 Å². The minimum absolute atomic E-state index is 0.134. The highest BCUT2D eigenvalue weighted by Gasteiger charge is 2.20. The highest BCUT2D eigenvalue weighted by atomic mass is 32.2. The average molecular weight is 308 g/mol. The predicted molar refractivity (Wildman–Crippen MR) is 78.2 cm³/mol. The Hall–Kier alpha value is -1.72. The van der Waals surface area contributed by atoms with Gasteiger partial charge < -0.3 is 4.74 Å². The minimum atomic E-state index is -0.725. The normalized spacial score (nSPS) is 12.1. The van der Waals surface area contributed by atoms with E-state index in [9.17, 15) is 13.6 Å². The SMILES string of the molecule is COC(Sc1ccccc1)C(=O)Cc1ccc(F)cc1F. The van der Waals surface area contributed by atoms with E-state index in [1.807, 2.05) is 30.3 Å². The highest BCUT2D eigenvalue weighted by Crippen LogP contribution is 2.25. The van der Waals surface area contributed by atoms with E-state index in [2.05, 4.69) is 0 Å². The molecule has 5 heteroatoms. The van der Waals surface area contributed by atoms with E-state index in [0.29, 0.717) is 0 Å². The summed E-state index contributed by atoms with van der Waals surface area (Å²) in [6.07, 6.45) is -0.134. The first-order chi connectivity index (χ1) is 10.1. The van der Waals surface area contributed by atoms with Crippen molar-refractivity contribution in [3.63, 3.8) is 0 Å². The summed E-state index contributed by atoms with van der Waals surface area (Å²) in [6, 6.07) is 12.5. The molecule has 0 heterocycles. The van der Waals surface area contributed by atoms with E-state index in [1.165, 1.54) is 24.9 Å². The van der Waals surface area contributed by atoms with Crippen LogP contribution in [0.3, 0.4) is 0 Å². The first kappa shape index (κ1) is 15.7. The summed E-state index contributed by atoms with van der Waals surface area (Å²) < 4.78 is 31.6. The number of benzene rings is 2. The van der Waals surface area contributed by atoms with Gasteiger partial charge in [-0.05, 0) is 23.8 Å². The van der Waals surface area contributed by atoms with E-state index in [-0.39, 0.29) is 17.8 Å². The fourth-order valence-corrected chi connectivity index (χ4v) is 2.68.